The monoisotopic (exact) mass is 332 g/mol. The zero-order valence-corrected chi connectivity index (χ0v) is 13.1. The number of pyridine rings is 1. The average Bonchev–Trinajstić information content (AvgIpc) is 2.47. The maximum atomic E-state index is 12.1. The van der Waals surface area contributed by atoms with Gasteiger partial charge in [-0.1, -0.05) is 41.1 Å². The lowest BCUT2D eigenvalue weighted by Crippen LogP contribution is -2.31. The van der Waals surface area contributed by atoms with E-state index in [1.165, 1.54) is 0 Å². The Hall–Kier alpha value is -1.68. The Bertz CT molecular complexity index is 613. The molecule has 2 rings (SSSR count). The molecular formula is C16H17BrN2O. The van der Waals surface area contributed by atoms with Crippen LogP contribution in [0.15, 0.2) is 47.2 Å². The zero-order valence-electron chi connectivity index (χ0n) is 11.6. The lowest BCUT2D eigenvalue weighted by molar-refractivity contribution is 0.0939. The van der Waals surface area contributed by atoms with Crippen molar-refractivity contribution in [3.63, 3.8) is 0 Å². The minimum atomic E-state index is -0.0826. The summed E-state index contributed by atoms with van der Waals surface area (Å²) < 4.78 is 0.987. The summed E-state index contributed by atoms with van der Waals surface area (Å²) in [5.41, 5.74) is 2.53. The highest BCUT2D eigenvalue weighted by Gasteiger charge is 2.11. The molecule has 0 aliphatic heterocycles. The van der Waals surface area contributed by atoms with Crippen LogP contribution in [0.5, 0.6) is 0 Å². The van der Waals surface area contributed by atoms with Crippen LogP contribution < -0.4 is 5.32 Å². The van der Waals surface area contributed by atoms with E-state index in [2.05, 4.69) is 26.2 Å². The van der Waals surface area contributed by atoms with Crippen LogP contribution in [0, 0.1) is 0 Å². The first-order chi connectivity index (χ1) is 9.61. The first-order valence-corrected chi connectivity index (χ1v) is 7.42. The molecule has 0 spiro atoms. The number of aromatic nitrogens is 1. The standard InChI is InChI=1S/C16H17BrN2O/c1-3-11(2)19-16(20)13-8-12(9-18-10-13)14-6-4-5-7-15(14)17/h4-11H,3H2,1-2H3,(H,19,20). The fourth-order valence-electron chi connectivity index (χ4n) is 1.82. The van der Waals surface area contributed by atoms with Gasteiger partial charge >= 0.3 is 0 Å². The topological polar surface area (TPSA) is 42.0 Å². The van der Waals surface area contributed by atoms with Crippen LogP contribution in [0.2, 0.25) is 0 Å². The number of nitrogens with zero attached hydrogens (tertiary/aromatic N) is 1. The molecule has 0 fully saturated rings. The summed E-state index contributed by atoms with van der Waals surface area (Å²) in [7, 11) is 0. The van der Waals surface area contributed by atoms with Crippen molar-refractivity contribution in [2.24, 2.45) is 0 Å². The third kappa shape index (κ3) is 3.45. The van der Waals surface area contributed by atoms with Gasteiger partial charge in [0.25, 0.3) is 5.91 Å². The maximum Gasteiger partial charge on any atom is 0.253 e. The molecule has 0 aliphatic carbocycles. The molecule has 3 nitrogen and oxygen atoms in total. The summed E-state index contributed by atoms with van der Waals surface area (Å²) in [5, 5.41) is 2.95. The van der Waals surface area contributed by atoms with Crippen LogP contribution in [0.4, 0.5) is 0 Å². The van der Waals surface area contributed by atoms with Crippen molar-refractivity contribution in [2.45, 2.75) is 26.3 Å². The highest BCUT2D eigenvalue weighted by atomic mass is 79.9. The number of hydrogen-bond donors (Lipinski definition) is 1. The molecular weight excluding hydrogens is 316 g/mol. The van der Waals surface area contributed by atoms with E-state index in [0.29, 0.717) is 5.56 Å². The van der Waals surface area contributed by atoms with Gasteiger partial charge in [-0.2, -0.15) is 0 Å². The minimum absolute atomic E-state index is 0.0826. The Morgan fingerprint density at radius 2 is 2.10 bits per heavy atom. The van der Waals surface area contributed by atoms with Crippen molar-refractivity contribution in [3.8, 4) is 11.1 Å². The Kier molecular flexibility index (Phi) is 4.90. The molecule has 1 aromatic heterocycles. The van der Waals surface area contributed by atoms with Gasteiger partial charge in [0, 0.05) is 28.5 Å². The van der Waals surface area contributed by atoms with Gasteiger partial charge in [0.1, 0.15) is 0 Å². The largest absolute Gasteiger partial charge is 0.350 e. The van der Waals surface area contributed by atoms with Gasteiger partial charge in [-0.15, -0.1) is 0 Å². The van der Waals surface area contributed by atoms with E-state index in [0.717, 1.165) is 22.0 Å². The Morgan fingerprint density at radius 1 is 1.35 bits per heavy atom. The molecule has 0 saturated carbocycles. The van der Waals surface area contributed by atoms with Gasteiger partial charge in [-0.3, -0.25) is 9.78 Å². The molecule has 2 aromatic rings. The zero-order chi connectivity index (χ0) is 14.5. The normalized spacial score (nSPS) is 11.9. The fraction of sp³-hybridized carbons (Fsp3) is 0.250. The number of carbonyl (C=O) groups excluding carboxylic acids is 1. The van der Waals surface area contributed by atoms with E-state index < -0.39 is 0 Å². The molecule has 1 aromatic carbocycles. The predicted octanol–water partition coefficient (Wildman–Crippen LogP) is 4.04. The number of benzene rings is 1. The molecule has 4 heteroatoms. The minimum Gasteiger partial charge on any atom is -0.350 e. The Morgan fingerprint density at radius 3 is 2.80 bits per heavy atom. The summed E-state index contributed by atoms with van der Waals surface area (Å²) in [4.78, 5) is 16.3. The maximum absolute atomic E-state index is 12.1. The van der Waals surface area contributed by atoms with E-state index >= 15 is 0 Å². The lowest BCUT2D eigenvalue weighted by Gasteiger charge is -2.12. The Labute approximate surface area is 127 Å². The van der Waals surface area contributed by atoms with Crippen LogP contribution in [-0.4, -0.2) is 16.9 Å². The highest BCUT2D eigenvalue weighted by molar-refractivity contribution is 9.10. The summed E-state index contributed by atoms with van der Waals surface area (Å²) >= 11 is 3.52. The van der Waals surface area contributed by atoms with Gasteiger partial charge in [0.15, 0.2) is 0 Å². The van der Waals surface area contributed by atoms with Gasteiger partial charge in [0.05, 0.1) is 5.56 Å². The van der Waals surface area contributed by atoms with Crippen LogP contribution in [0.1, 0.15) is 30.6 Å². The lowest BCUT2D eigenvalue weighted by atomic mass is 10.1. The number of nitrogens with one attached hydrogen (secondary N) is 1. The van der Waals surface area contributed by atoms with E-state index in [1.807, 2.05) is 44.2 Å². The summed E-state index contributed by atoms with van der Waals surface area (Å²) in [6.07, 6.45) is 4.27. The molecule has 0 radical (unpaired) electrons. The molecule has 1 atom stereocenters. The first-order valence-electron chi connectivity index (χ1n) is 6.62. The molecule has 0 aliphatic rings. The second-order valence-corrected chi connectivity index (χ2v) is 5.58. The smallest absolute Gasteiger partial charge is 0.253 e. The van der Waals surface area contributed by atoms with E-state index in [-0.39, 0.29) is 11.9 Å². The number of hydrogen-bond acceptors (Lipinski definition) is 2. The SMILES string of the molecule is CCC(C)NC(=O)c1cncc(-c2ccccc2Br)c1. The van der Waals surface area contributed by atoms with Crippen molar-refractivity contribution in [3.05, 3.63) is 52.8 Å². The highest BCUT2D eigenvalue weighted by Crippen LogP contribution is 2.27. The third-order valence-corrected chi connectivity index (χ3v) is 3.87. The van der Waals surface area contributed by atoms with Crippen LogP contribution in [0.25, 0.3) is 11.1 Å². The molecule has 1 unspecified atom stereocenters. The van der Waals surface area contributed by atoms with E-state index in [4.69, 9.17) is 0 Å². The van der Waals surface area contributed by atoms with Crippen molar-refractivity contribution in [1.29, 1.82) is 0 Å². The second-order valence-electron chi connectivity index (χ2n) is 4.72. The van der Waals surface area contributed by atoms with Crippen molar-refractivity contribution >= 4 is 21.8 Å². The van der Waals surface area contributed by atoms with Crippen LogP contribution in [-0.2, 0) is 0 Å². The van der Waals surface area contributed by atoms with Gasteiger partial charge in [-0.05, 0) is 31.0 Å². The number of amides is 1. The van der Waals surface area contributed by atoms with E-state index in [1.54, 1.807) is 12.4 Å². The molecule has 1 heterocycles. The van der Waals surface area contributed by atoms with Crippen molar-refractivity contribution < 1.29 is 4.79 Å². The molecule has 0 bridgehead atoms. The van der Waals surface area contributed by atoms with Crippen molar-refractivity contribution in [1.82, 2.24) is 10.3 Å². The number of rotatable bonds is 4. The number of carbonyl (C=O) groups is 1. The quantitative estimate of drug-likeness (QED) is 0.917. The first kappa shape index (κ1) is 14.7. The second kappa shape index (κ2) is 6.66. The number of halogens is 1. The summed E-state index contributed by atoms with van der Waals surface area (Å²) in [5.74, 6) is -0.0826. The van der Waals surface area contributed by atoms with E-state index in [9.17, 15) is 4.79 Å². The molecule has 0 saturated heterocycles. The van der Waals surface area contributed by atoms with Gasteiger partial charge < -0.3 is 5.32 Å². The third-order valence-electron chi connectivity index (χ3n) is 3.18. The van der Waals surface area contributed by atoms with Gasteiger partial charge in [0.2, 0.25) is 0 Å². The van der Waals surface area contributed by atoms with Gasteiger partial charge in [-0.25, -0.2) is 0 Å². The van der Waals surface area contributed by atoms with Crippen molar-refractivity contribution in [2.75, 3.05) is 0 Å². The average molecular weight is 333 g/mol. The van der Waals surface area contributed by atoms with Crippen LogP contribution in [0.3, 0.4) is 0 Å². The predicted molar refractivity (Wildman–Crippen MR) is 84.6 cm³/mol. The Balaban J connectivity index is 2.29. The molecule has 20 heavy (non-hydrogen) atoms. The molecule has 1 N–H and O–H groups in total. The van der Waals surface area contributed by atoms with Crippen LogP contribution >= 0.6 is 15.9 Å². The summed E-state index contributed by atoms with van der Waals surface area (Å²) in [6, 6.07) is 9.92. The summed E-state index contributed by atoms with van der Waals surface area (Å²) in [6.45, 7) is 4.03. The fourth-order valence-corrected chi connectivity index (χ4v) is 2.33. The molecule has 104 valence electrons. The molecule has 1 amide bonds.